The van der Waals surface area contributed by atoms with Crippen LogP contribution in [0, 0.1) is 0 Å². The molecule has 4 nitrogen and oxygen atoms in total. The Balaban J connectivity index is 2.16. The average molecular weight is 355 g/mol. The van der Waals surface area contributed by atoms with Crippen LogP contribution in [0.2, 0.25) is 0 Å². The van der Waals surface area contributed by atoms with Crippen molar-refractivity contribution in [1.29, 1.82) is 0 Å². The van der Waals surface area contributed by atoms with Crippen LogP contribution in [0.25, 0.3) is 0 Å². The Morgan fingerprint density at radius 2 is 2.05 bits per heavy atom. The molecule has 0 fully saturated rings. The van der Waals surface area contributed by atoms with Gasteiger partial charge in [-0.25, -0.2) is 15.0 Å². The molecule has 0 saturated heterocycles. The first-order valence-corrected chi connectivity index (χ1v) is 8.36. The lowest BCUT2D eigenvalue weighted by molar-refractivity contribution is 0.763. The summed E-state index contributed by atoms with van der Waals surface area (Å²) in [5.74, 6) is 1.97. The normalized spacial score (nSPS) is 12.7. The second-order valence-corrected chi connectivity index (χ2v) is 6.93. The zero-order chi connectivity index (χ0) is 14.7. The number of rotatable bonds is 5. The maximum Gasteiger partial charge on any atom is 0.134 e. The van der Waals surface area contributed by atoms with Crippen LogP contribution in [0.1, 0.15) is 55.4 Å². The van der Waals surface area contributed by atoms with E-state index >= 15 is 0 Å². The average Bonchev–Trinajstić information content (AvgIpc) is 2.86. The molecular formula is C14H19BrN4S. The van der Waals surface area contributed by atoms with Crippen LogP contribution in [0.3, 0.4) is 0 Å². The van der Waals surface area contributed by atoms with Crippen LogP contribution in [0.4, 0.5) is 5.82 Å². The van der Waals surface area contributed by atoms with Gasteiger partial charge in [-0.15, -0.1) is 11.3 Å². The van der Waals surface area contributed by atoms with Gasteiger partial charge >= 0.3 is 0 Å². The molecule has 2 rings (SSSR count). The molecule has 2 aromatic heterocycles. The number of aromatic nitrogens is 3. The maximum absolute atomic E-state index is 4.55. The van der Waals surface area contributed by atoms with Crippen LogP contribution in [-0.4, -0.2) is 15.0 Å². The third-order valence-corrected chi connectivity index (χ3v) is 4.61. The first-order valence-electron chi connectivity index (χ1n) is 6.75. The highest BCUT2D eigenvalue weighted by Crippen LogP contribution is 2.25. The van der Waals surface area contributed by atoms with Crippen molar-refractivity contribution in [3.05, 3.63) is 32.6 Å². The molecule has 0 aromatic carbocycles. The molecule has 1 unspecified atom stereocenters. The van der Waals surface area contributed by atoms with E-state index in [-0.39, 0.29) is 6.04 Å². The summed E-state index contributed by atoms with van der Waals surface area (Å²) in [6.07, 6.45) is 2.98. The first kappa shape index (κ1) is 15.4. The first-order chi connectivity index (χ1) is 9.49. The van der Waals surface area contributed by atoms with E-state index in [1.165, 1.54) is 4.88 Å². The molecule has 0 aliphatic carbocycles. The lowest BCUT2D eigenvalue weighted by atomic mass is 10.2. The monoisotopic (exact) mass is 354 g/mol. The third-order valence-electron chi connectivity index (χ3n) is 2.88. The number of aryl methyl sites for hydroxylation is 1. The van der Waals surface area contributed by atoms with Gasteiger partial charge in [-0.2, -0.15) is 0 Å². The van der Waals surface area contributed by atoms with Crippen molar-refractivity contribution in [3.63, 3.8) is 0 Å². The van der Waals surface area contributed by atoms with Gasteiger partial charge in [-0.3, -0.25) is 0 Å². The quantitative estimate of drug-likeness (QED) is 0.799. The Morgan fingerprint density at radius 1 is 1.30 bits per heavy atom. The lowest BCUT2D eigenvalue weighted by Crippen LogP contribution is -2.09. The van der Waals surface area contributed by atoms with Crippen LogP contribution >= 0.6 is 27.3 Å². The summed E-state index contributed by atoms with van der Waals surface area (Å²) in [4.78, 5) is 14.7. The number of nitrogens with one attached hydrogen (secondary N) is 1. The van der Waals surface area contributed by atoms with Gasteiger partial charge in [0.1, 0.15) is 21.3 Å². The molecule has 0 radical (unpaired) electrons. The van der Waals surface area contributed by atoms with Crippen molar-refractivity contribution in [2.45, 2.75) is 46.1 Å². The van der Waals surface area contributed by atoms with Crippen LogP contribution < -0.4 is 5.32 Å². The smallest absolute Gasteiger partial charge is 0.134 e. The van der Waals surface area contributed by atoms with Gasteiger partial charge in [0.05, 0.1) is 6.04 Å². The van der Waals surface area contributed by atoms with Gasteiger partial charge in [-0.05, 0) is 29.3 Å². The molecule has 6 heteroatoms. The fraction of sp³-hybridized carbons (Fsp3) is 0.500. The molecular weight excluding hydrogens is 336 g/mol. The Labute approximate surface area is 132 Å². The summed E-state index contributed by atoms with van der Waals surface area (Å²) in [5, 5.41) is 4.48. The van der Waals surface area contributed by atoms with Crippen molar-refractivity contribution in [1.82, 2.24) is 15.0 Å². The van der Waals surface area contributed by atoms with Gasteiger partial charge in [0, 0.05) is 23.1 Å². The molecule has 108 valence electrons. The predicted molar refractivity (Wildman–Crippen MR) is 87.4 cm³/mol. The number of nitrogens with zero attached hydrogens (tertiary/aromatic N) is 3. The van der Waals surface area contributed by atoms with E-state index in [1.54, 1.807) is 11.3 Å². The van der Waals surface area contributed by atoms with E-state index in [4.69, 9.17) is 0 Å². The largest absolute Gasteiger partial charge is 0.361 e. The molecule has 2 heterocycles. The number of thiazole rings is 1. The molecule has 0 aliphatic rings. The van der Waals surface area contributed by atoms with Crippen LogP contribution in [-0.2, 0) is 6.42 Å². The van der Waals surface area contributed by atoms with Crippen molar-refractivity contribution in [3.8, 4) is 0 Å². The standard InChI is InChI=1S/C14H19BrN4S/c1-5-10-7-16-14(20-10)9(4)17-12-6-11(15)18-13(19-12)8(2)3/h6-9H,5H2,1-4H3,(H,17,18,19). The summed E-state index contributed by atoms with van der Waals surface area (Å²) < 4.78 is 0.805. The highest BCUT2D eigenvalue weighted by Gasteiger charge is 2.13. The summed E-state index contributed by atoms with van der Waals surface area (Å²) in [5.41, 5.74) is 0. The summed E-state index contributed by atoms with van der Waals surface area (Å²) in [6.45, 7) is 8.42. The molecule has 0 spiro atoms. The predicted octanol–water partition coefficient (Wildman–Crippen LogP) is 4.55. The lowest BCUT2D eigenvalue weighted by Gasteiger charge is -2.14. The van der Waals surface area contributed by atoms with Gasteiger partial charge in [0.2, 0.25) is 0 Å². The minimum absolute atomic E-state index is 0.141. The molecule has 20 heavy (non-hydrogen) atoms. The Bertz CT molecular complexity index is 582. The molecule has 1 atom stereocenters. The number of anilines is 1. The summed E-state index contributed by atoms with van der Waals surface area (Å²) in [6, 6.07) is 2.04. The topological polar surface area (TPSA) is 50.7 Å². The molecule has 0 aliphatic heterocycles. The minimum Gasteiger partial charge on any atom is -0.361 e. The van der Waals surface area contributed by atoms with E-state index in [9.17, 15) is 0 Å². The maximum atomic E-state index is 4.55. The van der Waals surface area contributed by atoms with Crippen molar-refractivity contribution in [2.24, 2.45) is 0 Å². The van der Waals surface area contributed by atoms with Gasteiger partial charge in [-0.1, -0.05) is 20.8 Å². The molecule has 2 aromatic rings. The van der Waals surface area contributed by atoms with E-state index in [0.29, 0.717) is 5.92 Å². The number of hydrogen-bond acceptors (Lipinski definition) is 5. The zero-order valence-electron chi connectivity index (χ0n) is 12.1. The SMILES string of the molecule is CCc1cnc(C(C)Nc2cc(Br)nc(C(C)C)n2)s1. The Kier molecular flexibility index (Phi) is 5.10. The second kappa shape index (κ2) is 6.63. The number of hydrogen-bond donors (Lipinski definition) is 1. The highest BCUT2D eigenvalue weighted by molar-refractivity contribution is 9.10. The fourth-order valence-corrected chi connectivity index (χ4v) is 3.00. The molecule has 0 bridgehead atoms. The molecule has 1 N–H and O–H groups in total. The van der Waals surface area contributed by atoms with Crippen molar-refractivity contribution < 1.29 is 0 Å². The van der Waals surface area contributed by atoms with Gasteiger partial charge in [0.25, 0.3) is 0 Å². The summed E-state index contributed by atoms with van der Waals surface area (Å²) in [7, 11) is 0. The van der Waals surface area contributed by atoms with Crippen LogP contribution in [0.15, 0.2) is 16.9 Å². The fourth-order valence-electron chi connectivity index (χ4n) is 1.74. The van der Waals surface area contributed by atoms with Crippen molar-refractivity contribution >= 4 is 33.1 Å². The number of halogens is 1. The third kappa shape index (κ3) is 3.76. The Morgan fingerprint density at radius 3 is 2.65 bits per heavy atom. The Hall–Kier alpha value is -1.01. The molecule has 0 saturated carbocycles. The van der Waals surface area contributed by atoms with E-state index in [2.05, 4.69) is 63.9 Å². The minimum atomic E-state index is 0.141. The van der Waals surface area contributed by atoms with E-state index < -0.39 is 0 Å². The second-order valence-electron chi connectivity index (χ2n) is 4.97. The van der Waals surface area contributed by atoms with Gasteiger partial charge in [0.15, 0.2) is 0 Å². The van der Waals surface area contributed by atoms with Crippen molar-refractivity contribution in [2.75, 3.05) is 5.32 Å². The van der Waals surface area contributed by atoms with E-state index in [1.807, 2.05) is 12.3 Å². The van der Waals surface area contributed by atoms with E-state index in [0.717, 1.165) is 27.7 Å². The van der Waals surface area contributed by atoms with Crippen LogP contribution in [0.5, 0.6) is 0 Å². The highest BCUT2D eigenvalue weighted by atomic mass is 79.9. The van der Waals surface area contributed by atoms with Gasteiger partial charge < -0.3 is 5.32 Å². The zero-order valence-corrected chi connectivity index (χ0v) is 14.5. The molecule has 0 amide bonds. The summed E-state index contributed by atoms with van der Waals surface area (Å²) >= 11 is 5.18.